The smallest absolute Gasteiger partial charge is 0.137 e. The lowest BCUT2D eigenvalue weighted by molar-refractivity contribution is 0.669. The maximum Gasteiger partial charge on any atom is 0.137 e. The van der Waals surface area contributed by atoms with Gasteiger partial charge < -0.3 is 18.6 Å². The van der Waals surface area contributed by atoms with E-state index in [-0.39, 0.29) is 0 Å². The molecule has 2 heterocycles. The maximum atomic E-state index is 6.69. The lowest BCUT2D eigenvalue weighted by atomic mass is 10.0. The first-order valence-corrected chi connectivity index (χ1v) is 17.5. The quantitative estimate of drug-likeness (QED) is 0.169. The molecule has 0 saturated heterocycles. The van der Waals surface area contributed by atoms with Crippen molar-refractivity contribution in [1.29, 1.82) is 0 Å². The summed E-state index contributed by atoms with van der Waals surface area (Å²) in [5.41, 5.74) is 12.0. The van der Waals surface area contributed by atoms with Crippen molar-refractivity contribution >= 4 is 78.0 Å². The van der Waals surface area contributed by atoms with E-state index in [1.54, 1.807) is 0 Å². The van der Waals surface area contributed by atoms with E-state index < -0.39 is 0 Å². The molecule has 0 aliphatic rings. The third kappa shape index (κ3) is 5.09. The normalized spacial score (nSPS) is 11.5. The zero-order valence-electron chi connectivity index (χ0n) is 28.2. The lowest BCUT2D eigenvalue weighted by Gasteiger charge is -2.26. The van der Waals surface area contributed by atoms with E-state index in [1.807, 2.05) is 18.2 Å². The summed E-state index contributed by atoms with van der Waals surface area (Å²) in [5.74, 6) is 0. The molecule has 2 aromatic heterocycles. The van der Waals surface area contributed by atoms with Gasteiger partial charge in [-0.25, -0.2) is 0 Å². The molecule has 0 unspecified atom stereocenters. The number of hydrogen-bond acceptors (Lipinski definition) is 4. The number of para-hydroxylation sites is 3. The van der Waals surface area contributed by atoms with Gasteiger partial charge in [-0.3, -0.25) is 0 Å². The average Bonchev–Trinajstić information content (AvgIpc) is 3.78. The van der Waals surface area contributed by atoms with Gasteiger partial charge in [-0.15, -0.1) is 0 Å². The molecular weight excluding hydrogens is 637 g/mol. The van der Waals surface area contributed by atoms with Crippen LogP contribution in [0.5, 0.6) is 0 Å². The van der Waals surface area contributed by atoms with E-state index in [1.165, 1.54) is 11.1 Å². The van der Waals surface area contributed by atoms with Gasteiger partial charge in [0.2, 0.25) is 0 Å². The predicted octanol–water partition coefficient (Wildman–Crippen LogP) is 14.1. The Morgan fingerprint density at radius 1 is 0.288 bits per heavy atom. The molecule has 10 rings (SSSR count). The average molecular weight is 669 g/mol. The molecule has 0 spiro atoms. The van der Waals surface area contributed by atoms with E-state index in [2.05, 4.69) is 186 Å². The minimum Gasteiger partial charge on any atom is -0.456 e. The Bertz CT molecular complexity index is 2800. The monoisotopic (exact) mass is 668 g/mol. The second-order valence-corrected chi connectivity index (χ2v) is 13.0. The van der Waals surface area contributed by atoms with Crippen LogP contribution in [0.1, 0.15) is 0 Å². The van der Waals surface area contributed by atoms with Crippen molar-refractivity contribution in [2.45, 2.75) is 0 Å². The number of furan rings is 2. The molecule has 0 aliphatic carbocycles. The van der Waals surface area contributed by atoms with Crippen LogP contribution in [0.25, 0.3) is 55.0 Å². The van der Waals surface area contributed by atoms with Crippen molar-refractivity contribution in [2.75, 3.05) is 9.80 Å². The molecule has 0 saturated carbocycles. The van der Waals surface area contributed by atoms with Crippen LogP contribution in [0.3, 0.4) is 0 Å². The summed E-state index contributed by atoms with van der Waals surface area (Å²) in [7, 11) is 0. The Kier molecular flexibility index (Phi) is 7.10. The third-order valence-corrected chi connectivity index (χ3v) is 9.84. The summed E-state index contributed by atoms with van der Waals surface area (Å²) >= 11 is 0. The Morgan fingerprint density at radius 2 is 0.769 bits per heavy atom. The molecule has 0 aliphatic heterocycles. The van der Waals surface area contributed by atoms with Gasteiger partial charge in [0.05, 0.1) is 11.1 Å². The SMILES string of the molecule is c1ccc(-c2ccc(N(c3ccc4c(c3)oc3ccccc34)c3ccc4c(c3)oc3cccc(N(c5ccccc5)c5ccccc5)c34)cc2)cc1. The van der Waals surface area contributed by atoms with Crippen LogP contribution in [-0.4, -0.2) is 0 Å². The zero-order valence-corrected chi connectivity index (χ0v) is 28.2. The van der Waals surface area contributed by atoms with Crippen molar-refractivity contribution in [3.8, 4) is 11.1 Å². The van der Waals surface area contributed by atoms with Crippen LogP contribution in [0.2, 0.25) is 0 Å². The first-order chi connectivity index (χ1) is 25.8. The van der Waals surface area contributed by atoms with Crippen molar-refractivity contribution in [1.82, 2.24) is 0 Å². The van der Waals surface area contributed by atoms with Crippen molar-refractivity contribution < 1.29 is 8.83 Å². The fourth-order valence-corrected chi connectivity index (χ4v) is 7.44. The Balaban J connectivity index is 1.14. The van der Waals surface area contributed by atoms with Crippen molar-refractivity contribution in [3.63, 3.8) is 0 Å². The maximum absolute atomic E-state index is 6.69. The Labute approximate surface area is 301 Å². The molecule has 0 atom stereocenters. The summed E-state index contributed by atoms with van der Waals surface area (Å²) < 4.78 is 13.1. The molecule has 4 heteroatoms. The highest BCUT2D eigenvalue weighted by molar-refractivity contribution is 6.14. The molecule has 246 valence electrons. The predicted molar refractivity (Wildman–Crippen MR) is 216 cm³/mol. The Hall–Kier alpha value is -7.04. The summed E-state index contributed by atoms with van der Waals surface area (Å²) in [6.07, 6.45) is 0. The standard InChI is InChI=1S/C48H32N2O2/c1-4-13-33(14-5-1)34-23-25-37(26-24-34)49(38-27-29-41-40-19-10-11-21-44(40)51-46(41)31-38)39-28-30-42-47(32-39)52-45-22-12-20-43(48(42)45)50(35-15-6-2-7-16-35)36-17-8-3-9-18-36/h1-32H. The molecule has 8 aromatic carbocycles. The number of benzene rings is 8. The first-order valence-electron chi connectivity index (χ1n) is 17.5. The van der Waals surface area contributed by atoms with Crippen LogP contribution in [0, 0.1) is 0 Å². The van der Waals surface area contributed by atoms with Crippen LogP contribution in [0.15, 0.2) is 203 Å². The highest BCUT2D eigenvalue weighted by Crippen LogP contribution is 2.45. The first kappa shape index (κ1) is 29.8. The number of anilines is 6. The summed E-state index contributed by atoms with van der Waals surface area (Å²) in [5, 5.41) is 4.33. The molecule has 0 amide bonds. The minimum absolute atomic E-state index is 0.816. The Morgan fingerprint density at radius 3 is 1.46 bits per heavy atom. The molecular formula is C48H32N2O2. The van der Waals surface area contributed by atoms with Gasteiger partial charge in [-0.1, -0.05) is 103 Å². The lowest BCUT2D eigenvalue weighted by Crippen LogP contribution is -2.10. The van der Waals surface area contributed by atoms with E-state index in [0.29, 0.717) is 0 Å². The van der Waals surface area contributed by atoms with Gasteiger partial charge in [-0.05, 0) is 90.0 Å². The fraction of sp³-hybridized carbons (Fsp3) is 0. The van der Waals surface area contributed by atoms with Crippen molar-refractivity contribution in [3.05, 3.63) is 194 Å². The van der Waals surface area contributed by atoms with Crippen LogP contribution in [0.4, 0.5) is 34.1 Å². The van der Waals surface area contributed by atoms with Gasteiger partial charge in [-0.2, -0.15) is 0 Å². The van der Waals surface area contributed by atoms with Crippen LogP contribution in [-0.2, 0) is 0 Å². The molecule has 0 bridgehead atoms. The van der Waals surface area contributed by atoms with E-state index in [0.717, 1.165) is 78.0 Å². The van der Waals surface area contributed by atoms with E-state index in [9.17, 15) is 0 Å². The summed E-state index contributed by atoms with van der Waals surface area (Å²) in [6, 6.07) is 67.7. The van der Waals surface area contributed by atoms with Gasteiger partial charge in [0.1, 0.15) is 22.3 Å². The highest BCUT2D eigenvalue weighted by atomic mass is 16.3. The third-order valence-electron chi connectivity index (χ3n) is 9.84. The topological polar surface area (TPSA) is 32.8 Å². The second kappa shape index (κ2) is 12.4. The fourth-order valence-electron chi connectivity index (χ4n) is 7.44. The molecule has 10 aromatic rings. The highest BCUT2D eigenvalue weighted by Gasteiger charge is 2.21. The van der Waals surface area contributed by atoms with E-state index in [4.69, 9.17) is 8.83 Å². The molecule has 0 radical (unpaired) electrons. The second-order valence-electron chi connectivity index (χ2n) is 13.0. The number of hydrogen-bond donors (Lipinski definition) is 0. The molecule has 52 heavy (non-hydrogen) atoms. The molecule has 0 N–H and O–H groups in total. The van der Waals surface area contributed by atoms with Gasteiger partial charge in [0.25, 0.3) is 0 Å². The number of rotatable bonds is 7. The van der Waals surface area contributed by atoms with Gasteiger partial charge in [0.15, 0.2) is 0 Å². The van der Waals surface area contributed by atoms with Crippen LogP contribution < -0.4 is 9.80 Å². The minimum atomic E-state index is 0.816. The van der Waals surface area contributed by atoms with Crippen molar-refractivity contribution in [2.24, 2.45) is 0 Å². The zero-order chi connectivity index (χ0) is 34.4. The van der Waals surface area contributed by atoms with Gasteiger partial charge >= 0.3 is 0 Å². The van der Waals surface area contributed by atoms with Crippen LogP contribution >= 0.6 is 0 Å². The van der Waals surface area contributed by atoms with Gasteiger partial charge in [0, 0.05) is 56.7 Å². The summed E-state index contributed by atoms with van der Waals surface area (Å²) in [4.78, 5) is 4.57. The molecule has 4 nitrogen and oxygen atoms in total. The molecule has 0 fully saturated rings. The summed E-state index contributed by atoms with van der Waals surface area (Å²) in [6.45, 7) is 0. The number of nitrogens with zero attached hydrogens (tertiary/aromatic N) is 2. The largest absolute Gasteiger partial charge is 0.456 e. The van der Waals surface area contributed by atoms with E-state index >= 15 is 0 Å². The number of fused-ring (bicyclic) bond motifs is 6.